The second-order valence-electron chi connectivity index (χ2n) is 1.49. The quantitative estimate of drug-likeness (QED) is 0.482. The molecule has 5 nitrogen and oxygen atoms in total. The summed E-state index contributed by atoms with van der Waals surface area (Å²) >= 11 is 0. The highest BCUT2D eigenvalue weighted by molar-refractivity contribution is 5.85. The van der Waals surface area contributed by atoms with Crippen LogP contribution >= 0.6 is 0 Å². The standard InChI is InChI=1S/C4H5N3O2/c5-4-6-1-2(7-4)3(8)9/h1H,(H,8,9)(H3,5,6,7). The summed E-state index contributed by atoms with van der Waals surface area (Å²) in [5.41, 5.74) is 5.09. The Morgan fingerprint density at radius 3 is 2.78 bits per heavy atom. The minimum Gasteiger partial charge on any atom is -0.477 e. The van der Waals surface area contributed by atoms with Gasteiger partial charge in [-0.15, -0.1) is 0 Å². The maximum Gasteiger partial charge on any atom is 0.354 e. The molecule has 0 radical (unpaired) electrons. The van der Waals surface area contributed by atoms with Gasteiger partial charge in [-0.3, -0.25) is 0 Å². The molecular weight excluding hydrogens is 122 g/mol. The Hall–Kier alpha value is -1.52. The number of aromatic nitrogens is 2. The van der Waals surface area contributed by atoms with Crippen molar-refractivity contribution < 1.29 is 9.90 Å². The molecular formula is C4H5N3O2. The van der Waals surface area contributed by atoms with E-state index in [1.54, 1.807) is 0 Å². The van der Waals surface area contributed by atoms with Crippen molar-refractivity contribution >= 4 is 11.9 Å². The molecule has 0 aromatic carbocycles. The maximum absolute atomic E-state index is 10.1. The van der Waals surface area contributed by atoms with E-state index in [4.69, 9.17) is 10.8 Å². The minimum absolute atomic E-state index is 0.00694. The summed E-state index contributed by atoms with van der Waals surface area (Å²) in [6.45, 7) is 0. The third-order valence-electron chi connectivity index (χ3n) is 0.826. The number of hydrogen-bond acceptors (Lipinski definition) is 3. The van der Waals surface area contributed by atoms with E-state index in [9.17, 15) is 4.79 Å². The van der Waals surface area contributed by atoms with Gasteiger partial charge in [0, 0.05) is 0 Å². The number of nitrogens with zero attached hydrogens (tertiary/aromatic N) is 1. The lowest BCUT2D eigenvalue weighted by atomic mass is 10.5. The molecule has 0 aliphatic rings. The van der Waals surface area contributed by atoms with Crippen LogP contribution in [0.1, 0.15) is 10.5 Å². The molecule has 0 spiro atoms. The van der Waals surface area contributed by atoms with Gasteiger partial charge < -0.3 is 15.8 Å². The minimum atomic E-state index is -1.06. The number of nitrogens with two attached hydrogens (primary N) is 1. The molecule has 0 atom stereocenters. The molecule has 0 amide bonds. The fourth-order valence-electron chi connectivity index (χ4n) is 0.445. The van der Waals surface area contributed by atoms with Crippen molar-refractivity contribution in [1.29, 1.82) is 0 Å². The first-order valence-electron chi connectivity index (χ1n) is 2.24. The first kappa shape index (κ1) is 5.61. The fourth-order valence-corrected chi connectivity index (χ4v) is 0.445. The van der Waals surface area contributed by atoms with Crippen molar-refractivity contribution in [3.8, 4) is 0 Å². The van der Waals surface area contributed by atoms with Crippen LogP contribution in [0, 0.1) is 0 Å². The predicted molar refractivity (Wildman–Crippen MR) is 30.0 cm³/mol. The van der Waals surface area contributed by atoms with Gasteiger partial charge in [-0.05, 0) is 0 Å². The van der Waals surface area contributed by atoms with Gasteiger partial charge in [0.2, 0.25) is 0 Å². The first-order chi connectivity index (χ1) is 4.20. The number of H-pyrrole nitrogens is 1. The molecule has 9 heavy (non-hydrogen) atoms. The molecule has 1 rings (SSSR count). The summed E-state index contributed by atoms with van der Waals surface area (Å²) in [5.74, 6) is -0.938. The highest BCUT2D eigenvalue weighted by Crippen LogP contribution is 1.95. The molecule has 0 aliphatic carbocycles. The van der Waals surface area contributed by atoms with E-state index in [1.165, 1.54) is 0 Å². The summed E-state index contributed by atoms with van der Waals surface area (Å²) in [7, 11) is 0. The molecule has 0 saturated carbocycles. The largest absolute Gasteiger partial charge is 0.477 e. The van der Waals surface area contributed by atoms with Gasteiger partial charge in [0.25, 0.3) is 0 Å². The molecule has 0 saturated heterocycles. The average molecular weight is 127 g/mol. The van der Waals surface area contributed by atoms with Crippen molar-refractivity contribution in [2.24, 2.45) is 0 Å². The van der Waals surface area contributed by atoms with Gasteiger partial charge in [-0.2, -0.15) is 0 Å². The second-order valence-corrected chi connectivity index (χ2v) is 1.49. The van der Waals surface area contributed by atoms with Gasteiger partial charge in [0.15, 0.2) is 5.95 Å². The number of aromatic amines is 1. The van der Waals surface area contributed by atoms with Gasteiger partial charge in [-0.1, -0.05) is 0 Å². The van der Waals surface area contributed by atoms with Gasteiger partial charge >= 0.3 is 5.97 Å². The summed E-state index contributed by atoms with van der Waals surface area (Å²) in [4.78, 5) is 15.9. The van der Waals surface area contributed by atoms with E-state index in [-0.39, 0.29) is 11.6 Å². The van der Waals surface area contributed by atoms with Crippen molar-refractivity contribution in [3.63, 3.8) is 0 Å². The predicted octanol–water partition coefficient (Wildman–Crippen LogP) is -0.310. The molecule has 0 fully saturated rings. The Kier molecular flexibility index (Phi) is 1.11. The number of imidazole rings is 1. The first-order valence-corrected chi connectivity index (χ1v) is 2.24. The summed E-state index contributed by atoms with van der Waals surface area (Å²) in [6, 6.07) is 0. The van der Waals surface area contributed by atoms with E-state index in [1.807, 2.05) is 0 Å². The van der Waals surface area contributed by atoms with Crippen LogP contribution in [0.3, 0.4) is 0 Å². The maximum atomic E-state index is 10.1. The van der Waals surface area contributed by atoms with Crippen molar-refractivity contribution in [1.82, 2.24) is 9.97 Å². The number of carboxylic acids is 1. The fraction of sp³-hybridized carbons (Fsp3) is 0. The number of aromatic carboxylic acids is 1. The normalized spacial score (nSPS) is 9.33. The Labute approximate surface area is 50.5 Å². The smallest absolute Gasteiger partial charge is 0.354 e. The lowest BCUT2D eigenvalue weighted by Crippen LogP contribution is -1.96. The van der Waals surface area contributed by atoms with E-state index in [0.29, 0.717) is 0 Å². The molecule has 1 aromatic rings. The summed E-state index contributed by atoms with van der Waals surface area (Å²) < 4.78 is 0. The van der Waals surface area contributed by atoms with Crippen molar-refractivity contribution in [2.75, 3.05) is 5.73 Å². The van der Waals surface area contributed by atoms with Crippen LogP contribution in [0.2, 0.25) is 0 Å². The second kappa shape index (κ2) is 1.77. The zero-order valence-corrected chi connectivity index (χ0v) is 4.46. The Morgan fingerprint density at radius 2 is 2.56 bits per heavy atom. The van der Waals surface area contributed by atoms with Crippen LogP contribution in [-0.4, -0.2) is 21.0 Å². The van der Waals surface area contributed by atoms with Crippen molar-refractivity contribution in [2.45, 2.75) is 0 Å². The van der Waals surface area contributed by atoms with Crippen molar-refractivity contribution in [3.05, 3.63) is 11.9 Å². The molecule has 5 heteroatoms. The lowest BCUT2D eigenvalue weighted by molar-refractivity contribution is 0.0691. The van der Waals surface area contributed by atoms with E-state index < -0.39 is 5.97 Å². The highest BCUT2D eigenvalue weighted by Gasteiger charge is 2.03. The van der Waals surface area contributed by atoms with Crippen LogP contribution in [0.4, 0.5) is 5.95 Å². The van der Waals surface area contributed by atoms with Crippen LogP contribution in [0.15, 0.2) is 6.20 Å². The molecule has 4 N–H and O–H groups in total. The third kappa shape index (κ3) is 0.987. The van der Waals surface area contributed by atoms with Crippen LogP contribution in [0.5, 0.6) is 0 Å². The number of nitrogens with one attached hydrogen (secondary N) is 1. The Bertz CT molecular complexity index is 229. The van der Waals surface area contributed by atoms with E-state index in [2.05, 4.69) is 9.97 Å². The number of carboxylic acid groups (broad SMARTS) is 1. The Morgan fingerprint density at radius 1 is 1.89 bits per heavy atom. The SMILES string of the molecule is Nc1ncc(C(=O)O)[nH]1. The molecule has 48 valence electrons. The molecule has 0 aliphatic heterocycles. The summed E-state index contributed by atoms with van der Waals surface area (Å²) in [5, 5.41) is 8.27. The van der Waals surface area contributed by atoms with Gasteiger partial charge in [-0.25, -0.2) is 9.78 Å². The zero-order valence-electron chi connectivity index (χ0n) is 4.46. The van der Waals surface area contributed by atoms with Gasteiger partial charge in [0.1, 0.15) is 5.69 Å². The molecule has 0 unspecified atom stereocenters. The molecule has 1 heterocycles. The number of carbonyl (C=O) groups is 1. The Balaban J connectivity index is 2.98. The van der Waals surface area contributed by atoms with E-state index in [0.717, 1.165) is 6.20 Å². The lowest BCUT2D eigenvalue weighted by Gasteiger charge is -1.81. The summed E-state index contributed by atoms with van der Waals surface area (Å²) in [6.07, 6.45) is 1.16. The number of anilines is 1. The topological polar surface area (TPSA) is 92.0 Å². The molecule has 0 bridgehead atoms. The van der Waals surface area contributed by atoms with Crippen LogP contribution in [0.25, 0.3) is 0 Å². The molecule has 1 aromatic heterocycles. The number of nitrogen functional groups attached to an aromatic ring is 1. The number of hydrogen-bond donors (Lipinski definition) is 3. The van der Waals surface area contributed by atoms with Crippen LogP contribution < -0.4 is 5.73 Å². The van der Waals surface area contributed by atoms with E-state index >= 15 is 0 Å². The number of rotatable bonds is 1. The zero-order chi connectivity index (χ0) is 6.85. The highest BCUT2D eigenvalue weighted by atomic mass is 16.4. The monoisotopic (exact) mass is 127 g/mol. The van der Waals surface area contributed by atoms with Crippen LogP contribution in [-0.2, 0) is 0 Å². The third-order valence-corrected chi connectivity index (χ3v) is 0.826. The average Bonchev–Trinajstić information content (AvgIpc) is 2.14. The van der Waals surface area contributed by atoms with Gasteiger partial charge in [0.05, 0.1) is 6.20 Å².